The first kappa shape index (κ1) is 17.4. The number of pyridine rings is 1. The molecule has 5 nitrogen and oxygen atoms in total. The van der Waals surface area contributed by atoms with E-state index in [1.54, 1.807) is 29.1 Å². The van der Waals surface area contributed by atoms with Crippen LogP contribution in [0, 0.1) is 17.8 Å². The smallest absolute Gasteiger partial charge is 0.372 e. The quantitative estimate of drug-likeness (QED) is 0.667. The molecule has 0 saturated heterocycles. The molecule has 5 heteroatoms. The van der Waals surface area contributed by atoms with Crippen LogP contribution in [0.4, 0.5) is 0 Å². The van der Waals surface area contributed by atoms with Crippen molar-refractivity contribution >= 4 is 11.9 Å². The van der Waals surface area contributed by atoms with Gasteiger partial charge in [0.25, 0.3) is 5.91 Å². The average molecular weight is 319 g/mol. The predicted molar refractivity (Wildman–Crippen MR) is 86.4 cm³/mol. The van der Waals surface area contributed by atoms with Gasteiger partial charge in [0.15, 0.2) is 12.4 Å². The summed E-state index contributed by atoms with van der Waals surface area (Å²) in [6, 6.07) is 3.33. The molecule has 1 heterocycles. The Morgan fingerprint density at radius 3 is 2.78 bits per heavy atom. The summed E-state index contributed by atoms with van der Waals surface area (Å²) in [6.07, 6.45) is 6.55. The van der Waals surface area contributed by atoms with Gasteiger partial charge in [-0.3, -0.25) is 4.79 Å². The number of ether oxygens (including phenoxy) is 1. The highest BCUT2D eigenvalue weighted by Crippen LogP contribution is 2.35. The molecule has 0 spiro atoms. The van der Waals surface area contributed by atoms with E-state index >= 15 is 0 Å². The van der Waals surface area contributed by atoms with E-state index in [4.69, 9.17) is 10.5 Å². The van der Waals surface area contributed by atoms with E-state index in [1.807, 2.05) is 0 Å². The lowest BCUT2D eigenvalue weighted by Gasteiger charge is -2.36. The number of carbonyl (C=O) groups excluding carboxylic acids is 2. The lowest BCUT2D eigenvalue weighted by molar-refractivity contribution is -0.686. The second-order valence-electron chi connectivity index (χ2n) is 6.98. The Morgan fingerprint density at radius 1 is 1.39 bits per heavy atom. The van der Waals surface area contributed by atoms with Crippen molar-refractivity contribution in [1.29, 1.82) is 0 Å². The van der Waals surface area contributed by atoms with E-state index in [-0.39, 0.29) is 18.6 Å². The van der Waals surface area contributed by atoms with Gasteiger partial charge in [-0.15, -0.1) is 0 Å². The zero-order chi connectivity index (χ0) is 17.0. The molecule has 1 aliphatic rings. The molecule has 1 fully saturated rings. The highest BCUT2D eigenvalue weighted by molar-refractivity contribution is 5.92. The fourth-order valence-corrected chi connectivity index (χ4v) is 3.37. The van der Waals surface area contributed by atoms with Crippen LogP contribution in [0.1, 0.15) is 50.4 Å². The summed E-state index contributed by atoms with van der Waals surface area (Å²) in [5, 5.41) is 0. The summed E-state index contributed by atoms with van der Waals surface area (Å²) >= 11 is 0. The van der Waals surface area contributed by atoms with Crippen molar-refractivity contribution in [2.75, 3.05) is 0 Å². The molecule has 0 aliphatic heterocycles. The molecule has 0 radical (unpaired) electrons. The number of esters is 1. The van der Waals surface area contributed by atoms with Crippen LogP contribution in [0.3, 0.4) is 0 Å². The lowest BCUT2D eigenvalue weighted by Crippen LogP contribution is -2.42. The fourth-order valence-electron chi connectivity index (χ4n) is 3.37. The number of aromatic nitrogens is 1. The summed E-state index contributed by atoms with van der Waals surface area (Å²) in [4.78, 5) is 23.5. The SMILES string of the molecule is CC(C)[C@@H]1CC[C@H](C)C[C@@H]1OC(=O)C[n+]1cccc(C(N)=O)c1. The number of hydrogen-bond donors (Lipinski definition) is 1. The Bertz CT molecular complexity index is 571. The maximum absolute atomic E-state index is 12.3. The first-order valence-electron chi connectivity index (χ1n) is 8.35. The van der Waals surface area contributed by atoms with Gasteiger partial charge in [-0.2, -0.15) is 4.57 Å². The molecule has 23 heavy (non-hydrogen) atoms. The number of hydrogen-bond acceptors (Lipinski definition) is 3. The van der Waals surface area contributed by atoms with Crippen LogP contribution >= 0.6 is 0 Å². The second kappa shape index (κ2) is 7.57. The van der Waals surface area contributed by atoms with Crippen molar-refractivity contribution < 1.29 is 18.9 Å². The number of nitrogens with two attached hydrogens (primary N) is 1. The van der Waals surface area contributed by atoms with Gasteiger partial charge < -0.3 is 10.5 Å². The third-order valence-electron chi connectivity index (χ3n) is 4.70. The number of primary amides is 1. The van der Waals surface area contributed by atoms with Crippen molar-refractivity contribution in [3.8, 4) is 0 Å². The van der Waals surface area contributed by atoms with Gasteiger partial charge in [-0.1, -0.05) is 27.2 Å². The zero-order valence-electron chi connectivity index (χ0n) is 14.2. The summed E-state index contributed by atoms with van der Waals surface area (Å²) < 4.78 is 7.40. The lowest BCUT2D eigenvalue weighted by atomic mass is 9.75. The van der Waals surface area contributed by atoms with Crippen LogP contribution in [-0.4, -0.2) is 18.0 Å². The van der Waals surface area contributed by atoms with Gasteiger partial charge in [0.2, 0.25) is 6.54 Å². The van der Waals surface area contributed by atoms with Crippen molar-refractivity contribution in [3.63, 3.8) is 0 Å². The minimum absolute atomic E-state index is 0.00817. The third-order valence-corrected chi connectivity index (χ3v) is 4.70. The Morgan fingerprint density at radius 2 is 2.13 bits per heavy atom. The molecule has 0 unspecified atom stereocenters. The van der Waals surface area contributed by atoms with Crippen LogP contribution in [0.2, 0.25) is 0 Å². The van der Waals surface area contributed by atoms with E-state index in [1.165, 1.54) is 6.42 Å². The van der Waals surface area contributed by atoms with Gasteiger partial charge in [-0.05, 0) is 36.7 Å². The molecule has 1 aromatic heterocycles. The summed E-state index contributed by atoms with van der Waals surface area (Å²) in [6.45, 7) is 6.68. The molecule has 1 saturated carbocycles. The molecule has 126 valence electrons. The zero-order valence-corrected chi connectivity index (χ0v) is 14.2. The van der Waals surface area contributed by atoms with Crippen LogP contribution in [0.15, 0.2) is 24.5 Å². The summed E-state index contributed by atoms with van der Waals surface area (Å²) in [7, 11) is 0. The largest absolute Gasteiger partial charge is 0.457 e. The third kappa shape index (κ3) is 4.78. The van der Waals surface area contributed by atoms with Crippen molar-refractivity contribution in [3.05, 3.63) is 30.1 Å². The summed E-state index contributed by atoms with van der Waals surface area (Å²) in [5.41, 5.74) is 5.64. The first-order chi connectivity index (χ1) is 10.9. The minimum Gasteiger partial charge on any atom is -0.457 e. The molecule has 1 aliphatic carbocycles. The average Bonchev–Trinajstić information content (AvgIpc) is 2.47. The molecule has 2 N–H and O–H groups in total. The van der Waals surface area contributed by atoms with Crippen LogP contribution < -0.4 is 10.3 Å². The van der Waals surface area contributed by atoms with Crippen LogP contribution in [0.5, 0.6) is 0 Å². The van der Waals surface area contributed by atoms with Crippen molar-refractivity contribution in [1.82, 2.24) is 0 Å². The van der Waals surface area contributed by atoms with E-state index in [0.29, 0.717) is 23.3 Å². The van der Waals surface area contributed by atoms with Crippen molar-refractivity contribution in [2.24, 2.45) is 23.5 Å². The van der Waals surface area contributed by atoms with Gasteiger partial charge in [0, 0.05) is 6.07 Å². The monoisotopic (exact) mass is 319 g/mol. The molecule has 3 atom stereocenters. The molecule has 1 amide bonds. The second-order valence-corrected chi connectivity index (χ2v) is 6.98. The van der Waals surface area contributed by atoms with Crippen LogP contribution in [0.25, 0.3) is 0 Å². The van der Waals surface area contributed by atoms with E-state index in [9.17, 15) is 9.59 Å². The number of rotatable bonds is 5. The molecular formula is C18H27N2O3+. The van der Waals surface area contributed by atoms with Crippen LogP contribution in [-0.2, 0) is 16.1 Å². The summed E-state index contributed by atoms with van der Waals surface area (Å²) in [5.74, 6) is 0.756. The van der Waals surface area contributed by atoms with Gasteiger partial charge in [0.05, 0.1) is 0 Å². The Hall–Kier alpha value is -1.91. The number of carbonyl (C=O) groups is 2. The molecule has 0 aromatic carbocycles. The maximum Gasteiger partial charge on any atom is 0.372 e. The van der Waals surface area contributed by atoms with Crippen molar-refractivity contribution in [2.45, 2.75) is 52.7 Å². The van der Waals surface area contributed by atoms with E-state index < -0.39 is 5.91 Å². The number of nitrogens with zero attached hydrogens (tertiary/aromatic N) is 1. The number of amides is 1. The topological polar surface area (TPSA) is 73.3 Å². The molecule has 1 aromatic rings. The highest BCUT2D eigenvalue weighted by Gasteiger charge is 2.33. The minimum atomic E-state index is -0.506. The first-order valence-corrected chi connectivity index (χ1v) is 8.35. The normalized spacial score (nSPS) is 24.4. The van der Waals surface area contributed by atoms with E-state index in [0.717, 1.165) is 12.8 Å². The maximum atomic E-state index is 12.3. The van der Waals surface area contributed by atoms with Gasteiger partial charge >= 0.3 is 5.97 Å². The predicted octanol–water partition coefficient (Wildman–Crippen LogP) is 2.08. The van der Waals surface area contributed by atoms with E-state index in [2.05, 4.69) is 20.8 Å². The Kier molecular flexibility index (Phi) is 5.74. The van der Waals surface area contributed by atoms with Gasteiger partial charge in [0.1, 0.15) is 11.7 Å². The molecule has 0 bridgehead atoms. The Balaban J connectivity index is 2.00. The van der Waals surface area contributed by atoms with Gasteiger partial charge in [-0.25, -0.2) is 4.79 Å². The standard InChI is InChI=1S/C18H26N2O3/c1-12(2)15-7-6-13(3)9-16(15)23-17(21)11-20-8-4-5-14(10-20)18(19)22/h4-5,8,10,12-13,15-16H,6-7,9,11H2,1-3H3,(H-,19,22)/p+1/t13-,15-,16-/m0/s1. The fraction of sp³-hybridized carbons (Fsp3) is 0.611. The Labute approximate surface area is 137 Å². The molecule has 2 rings (SSSR count). The highest BCUT2D eigenvalue weighted by atomic mass is 16.5. The molecular weight excluding hydrogens is 292 g/mol.